The van der Waals surface area contributed by atoms with Gasteiger partial charge in [0, 0.05) is 12.4 Å². The molecule has 350 valence electrons. The molecule has 0 aliphatic heterocycles. The van der Waals surface area contributed by atoms with Crippen molar-refractivity contribution in [3.8, 4) is 23.0 Å². The maximum Gasteiger partial charge on any atom is 0.343 e. The summed E-state index contributed by atoms with van der Waals surface area (Å²) in [4.78, 5) is 34.6. The van der Waals surface area contributed by atoms with E-state index in [1.54, 1.807) is 61.0 Å². The molecule has 66 heavy (non-hydrogen) atoms. The molecule has 0 saturated heterocycles. The fraction of sp³-hybridized carbons (Fsp3) is 0.393. The van der Waals surface area contributed by atoms with Crippen LogP contribution in [0.2, 0.25) is 0 Å². The molecule has 0 bridgehead atoms. The van der Waals surface area contributed by atoms with Gasteiger partial charge in [0.05, 0.1) is 35.7 Å². The van der Waals surface area contributed by atoms with E-state index in [1.807, 2.05) is 24.3 Å². The first-order valence-corrected chi connectivity index (χ1v) is 24.0. The number of rotatable bonds is 30. The average molecular weight is 901 g/mol. The van der Waals surface area contributed by atoms with Crippen LogP contribution in [-0.4, -0.2) is 37.6 Å². The van der Waals surface area contributed by atoms with Crippen molar-refractivity contribution in [1.29, 1.82) is 0 Å². The van der Waals surface area contributed by atoms with Crippen LogP contribution in [0, 0.1) is 11.6 Å². The Morgan fingerprint density at radius 2 is 0.818 bits per heavy atom. The Kier molecular flexibility index (Phi) is 22.6. The van der Waals surface area contributed by atoms with Gasteiger partial charge in [0.2, 0.25) is 0 Å². The van der Waals surface area contributed by atoms with E-state index in [9.17, 15) is 18.4 Å². The number of hydrogen-bond acceptors (Lipinski definition) is 8. The van der Waals surface area contributed by atoms with Crippen molar-refractivity contribution in [2.24, 2.45) is 9.98 Å². The molecule has 0 heterocycles. The van der Waals surface area contributed by atoms with Gasteiger partial charge in [-0.05, 0) is 115 Å². The van der Waals surface area contributed by atoms with E-state index in [-0.39, 0.29) is 22.6 Å². The number of nitrogens with zero attached hydrogens (tertiary/aromatic N) is 2. The molecule has 5 aromatic rings. The largest absolute Gasteiger partial charge is 0.491 e. The molecule has 0 unspecified atom stereocenters. The van der Waals surface area contributed by atoms with Crippen LogP contribution in [0.3, 0.4) is 0 Å². The zero-order chi connectivity index (χ0) is 46.6. The third kappa shape index (κ3) is 18.7. The lowest BCUT2D eigenvalue weighted by atomic mass is 10.1. The fourth-order valence-electron chi connectivity index (χ4n) is 7.23. The quantitative estimate of drug-likeness (QED) is 0.0197. The monoisotopic (exact) mass is 900 g/mol. The molecule has 5 rings (SSSR count). The second kappa shape index (κ2) is 29.4. The van der Waals surface area contributed by atoms with Gasteiger partial charge in [-0.25, -0.2) is 18.4 Å². The maximum atomic E-state index is 14.7. The van der Waals surface area contributed by atoms with Crippen LogP contribution in [0.1, 0.15) is 161 Å². The Labute approximate surface area is 390 Å². The second-order valence-corrected chi connectivity index (χ2v) is 16.6. The molecule has 5 aromatic carbocycles. The Hall–Kier alpha value is -6.16. The van der Waals surface area contributed by atoms with Crippen LogP contribution >= 0.6 is 0 Å². The van der Waals surface area contributed by atoms with Gasteiger partial charge in [0.1, 0.15) is 11.5 Å². The van der Waals surface area contributed by atoms with Gasteiger partial charge in [-0.1, -0.05) is 135 Å². The number of esters is 2. The van der Waals surface area contributed by atoms with E-state index in [4.69, 9.17) is 18.9 Å². The zero-order valence-corrected chi connectivity index (χ0v) is 38.8. The summed E-state index contributed by atoms with van der Waals surface area (Å²) in [6, 6.07) is 29.3. The molecular weight excluding hydrogens is 835 g/mol. The maximum absolute atomic E-state index is 14.7. The lowest BCUT2D eigenvalue weighted by molar-refractivity contribution is 0.0724. The lowest BCUT2D eigenvalue weighted by Gasteiger charge is -2.09. The SMILES string of the molecule is CCCCCCCCCCCOc1ccc(C(=O)Oc2ccc(N=Cc3cccc(C=Nc4ccc(OC(=O)c5ccc(OCCCCCCCCCCC)c(F)c5)cc4)c3)cc2)cc1F. The van der Waals surface area contributed by atoms with Crippen molar-refractivity contribution >= 4 is 35.7 Å². The van der Waals surface area contributed by atoms with Crippen LogP contribution in [-0.2, 0) is 0 Å². The van der Waals surface area contributed by atoms with Crippen molar-refractivity contribution in [2.45, 2.75) is 129 Å². The van der Waals surface area contributed by atoms with Gasteiger partial charge >= 0.3 is 11.9 Å². The number of halogens is 2. The van der Waals surface area contributed by atoms with Crippen LogP contribution in [0.15, 0.2) is 119 Å². The Morgan fingerprint density at radius 1 is 0.455 bits per heavy atom. The summed E-state index contributed by atoms with van der Waals surface area (Å²) in [6.45, 7) is 5.31. The highest BCUT2D eigenvalue weighted by atomic mass is 19.1. The summed E-state index contributed by atoms with van der Waals surface area (Å²) in [5.74, 6) is -1.68. The molecule has 0 radical (unpaired) electrons. The van der Waals surface area contributed by atoms with E-state index < -0.39 is 23.6 Å². The van der Waals surface area contributed by atoms with Crippen LogP contribution < -0.4 is 18.9 Å². The number of carbonyl (C=O) groups is 2. The van der Waals surface area contributed by atoms with Crippen LogP contribution in [0.4, 0.5) is 20.2 Å². The van der Waals surface area contributed by atoms with Crippen molar-refractivity contribution < 1.29 is 37.3 Å². The predicted molar refractivity (Wildman–Crippen MR) is 262 cm³/mol. The minimum Gasteiger partial charge on any atom is -0.491 e. The molecule has 0 N–H and O–H groups in total. The van der Waals surface area contributed by atoms with Gasteiger partial charge in [-0.15, -0.1) is 0 Å². The molecule has 0 aliphatic carbocycles. The highest BCUT2D eigenvalue weighted by Gasteiger charge is 2.15. The van der Waals surface area contributed by atoms with Gasteiger partial charge in [0.15, 0.2) is 23.1 Å². The Morgan fingerprint density at radius 3 is 1.18 bits per heavy atom. The summed E-state index contributed by atoms with van der Waals surface area (Å²) in [5.41, 5.74) is 3.15. The van der Waals surface area contributed by atoms with E-state index in [0.29, 0.717) is 36.1 Å². The van der Waals surface area contributed by atoms with E-state index in [2.05, 4.69) is 23.8 Å². The molecule has 8 nitrogen and oxygen atoms in total. The molecule has 0 atom stereocenters. The predicted octanol–water partition coefficient (Wildman–Crippen LogP) is 15.7. The topological polar surface area (TPSA) is 95.8 Å². The second-order valence-electron chi connectivity index (χ2n) is 16.6. The minimum atomic E-state index is -0.673. The van der Waals surface area contributed by atoms with E-state index >= 15 is 0 Å². The number of aliphatic imine (C=N–C) groups is 2. The van der Waals surface area contributed by atoms with Crippen LogP contribution in [0.5, 0.6) is 23.0 Å². The lowest BCUT2D eigenvalue weighted by Crippen LogP contribution is -2.09. The normalized spacial score (nSPS) is 11.3. The molecule has 10 heteroatoms. The van der Waals surface area contributed by atoms with E-state index in [0.717, 1.165) is 61.8 Å². The molecular formula is C56H66F2N2O6. The zero-order valence-electron chi connectivity index (χ0n) is 38.8. The van der Waals surface area contributed by atoms with Gasteiger partial charge in [-0.2, -0.15) is 0 Å². The Bertz CT molecular complexity index is 2120. The van der Waals surface area contributed by atoms with Crippen LogP contribution in [0.25, 0.3) is 0 Å². The van der Waals surface area contributed by atoms with Gasteiger partial charge < -0.3 is 18.9 Å². The standard InChI is InChI=1S/C56H66F2N2O6/c1-3-5-7-9-11-13-15-17-19-36-63-53-34-24-45(39-51(53)57)55(61)65-49-30-26-47(27-31-49)59-41-43-22-21-23-44(38-43)42-60-48-28-32-50(33-29-48)66-56(62)46-25-35-54(52(58)40-46)64-37-20-18-16-14-12-10-8-6-4-2/h21-35,38-42H,3-20,36-37H2,1-2H3. The first kappa shape index (κ1) is 50.8. The molecule has 0 spiro atoms. The summed E-state index contributed by atoms with van der Waals surface area (Å²) in [5, 5.41) is 0. The van der Waals surface area contributed by atoms with Crippen molar-refractivity contribution in [1.82, 2.24) is 0 Å². The fourth-order valence-corrected chi connectivity index (χ4v) is 7.23. The number of hydrogen-bond donors (Lipinski definition) is 0. The van der Waals surface area contributed by atoms with Crippen molar-refractivity contribution in [2.75, 3.05) is 13.2 Å². The summed E-state index contributed by atoms with van der Waals surface area (Å²) >= 11 is 0. The van der Waals surface area contributed by atoms with Crippen molar-refractivity contribution in [3.63, 3.8) is 0 Å². The smallest absolute Gasteiger partial charge is 0.343 e. The minimum absolute atomic E-state index is 0.0905. The average Bonchev–Trinajstić information content (AvgIpc) is 3.33. The first-order valence-electron chi connectivity index (χ1n) is 24.0. The Balaban J connectivity index is 1.01. The van der Waals surface area contributed by atoms with E-state index in [1.165, 1.54) is 101 Å². The number of ether oxygens (including phenoxy) is 4. The van der Waals surface area contributed by atoms with Gasteiger partial charge in [0.25, 0.3) is 0 Å². The third-order valence-corrected chi connectivity index (χ3v) is 11.1. The molecule has 0 amide bonds. The first-order chi connectivity index (χ1) is 32.3. The number of carbonyl (C=O) groups excluding carboxylic acids is 2. The molecule has 0 fully saturated rings. The highest BCUT2D eigenvalue weighted by Crippen LogP contribution is 2.25. The third-order valence-electron chi connectivity index (χ3n) is 11.1. The number of unbranched alkanes of at least 4 members (excludes halogenated alkanes) is 16. The molecule has 0 saturated carbocycles. The highest BCUT2D eigenvalue weighted by molar-refractivity contribution is 5.92. The molecule has 0 aliphatic rings. The number of benzene rings is 5. The summed E-state index contributed by atoms with van der Waals surface area (Å²) in [6.07, 6.45) is 24.9. The summed E-state index contributed by atoms with van der Waals surface area (Å²) < 4.78 is 51.7. The van der Waals surface area contributed by atoms with Crippen molar-refractivity contribution in [3.05, 3.63) is 143 Å². The molecule has 0 aromatic heterocycles. The van der Waals surface area contributed by atoms with Gasteiger partial charge in [-0.3, -0.25) is 9.98 Å². The summed E-state index contributed by atoms with van der Waals surface area (Å²) in [7, 11) is 0.